The van der Waals surface area contributed by atoms with Crippen molar-refractivity contribution in [2.75, 3.05) is 0 Å². The molecule has 2 rings (SSSR count). The maximum absolute atomic E-state index is 10.5. The first-order valence-electron chi connectivity index (χ1n) is 6.89. The van der Waals surface area contributed by atoms with Crippen LogP contribution in [0.2, 0.25) is 0 Å². The Labute approximate surface area is 124 Å². The number of carbonyl (C=O) groups is 1. The molecule has 3 nitrogen and oxygen atoms in total. The van der Waals surface area contributed by atoms with Gasteiger partial charge in [0.2, 0.25) is 0 Å². The van der Waals surface area contributed by atoms with Crippen LogP contribution in [0.25, 0.3) is 6.08 Å². The average Bonchev–Trinajstić information content (AvgIpc) is 2.52. The number of benzene rings is 2. The number of para-hydroxylation sites is 1. The van der Waals surface area contributed by atoms with Crippen LogP contribution in [0.5, 0.6) is 5.75 Å². The van der Waals surface area contributed by atoms with Crippen molar-refractivity contribution >= 4 is 12.0 Å². The second-order valence-electron chi connectivity index (χ2n) is 4.66. The summed E-state index contributed by atoms with van der Waals surface area (Å²) in [6.45, 7) is 2.60. The summed E-state index contributed by atoms with van der Waals surface area (Å²) in [4.78, 5) is 10.5. The molecule has 0 aliphatic carbocycles. The fourth-order valence-electron chi connectivity index (χ4n) is 1.99. The van der Waals surface area contributed by atoms with Crippen LogP contribution in [0.15, 0.2) is 54.6 Å². The Balaban J connectivity index is 1.99. The summed E-state index contributed by atoms with van der Waals surface area (Å²) in [5, 5.41) is 8.58. The van der Waals surface area contributed by atoms with Gasteiger partial charge in [0.25, 0.3) is 0 Å². The predicted octanol–water partition coefficient (Wildman–Crippen LogP) is 3.93. The summed E-state index contributed by atoms with van der Waals surface area (Å²) >= 11 is 0. The number of ether oxygens (including phenoxy) is 1. The lowest BCUT2D eigenvalue weighted by Crippen LogP contribution is -1.98. The van der Waals surface area contributed by atoms with E-state index in [-0.39, 0.29) is 0 Å². The Bertz CT molecular complexity index is 627. The van der Waals surface area contributed by atoms with Crippen molar-refractivity contribution in [1.82, 2.24) is 0 Å². The molecular weight excluding hydrogens is 264 g/mol. The monoisotopic (exact) mass is 282 g/mol. The molecule has 0 amide bonds. The standard InChI is InChI=1S/C18H18O3/c1-2-16-5-3-4-6-17(16)21-13-15-9-7-14(8-10-15)11-12-18(19)20/h3-12H,2,13H2,1H3,(H,19,20). The Morgan fingerprint density at radius 1 is 1.14 bits per heavy atom. The highest BCUT2D eigenvalue weighted by Crippen LogP contribution is 2.19. The van der Waals surface area contributed by atoms with Gasteiger partial charge in [0.05, 0.1) is 0 Å². The highest BCUT2D eigenvalue weighted by atomic mass is 16.5. The lowest BCUT2D eigenvalue weighted by molar-refractivity contribution is -0.131. The van der Waals surface area contributed by atoms with Gasteiger partial charge < -0.3 is 9.84 Å². The van der Waals surface area contributed by atoms with Crippen molar-refractivity contribution < 1.29 is 14.6 Å². The number of carboxylic acids is 1. The highest BCUT2D eigenvalue weighted by Gasteiger charge is 2.01. The topological polar surface area (TPSA) is 46.5 Å². The Morgan fingerprint density at radius 2 is 1.86 bits per heavy atom. The van der Waals surface area contributed by atoms with Gasteiger partial charge in [-0.3, -0.25) is 0 Å². The summed E-state index contributed by atoms with van der Waals surface area (Å²) in [5.41, 5.74) is 3.10. The van der Waals surface area contributed by atoms with Gasteiger partial charge in [-0.1, -0.05) is 49.4 Å². The Kier molecular flexibility index (Phi) is 5.16. The van der Waals surface area contributed by atoms with Crippen molar-refractivity contribution in [2.45, 2.75) is 20.0 Å². The molecule has 0 aliphatic rings. The molecule has 2 aromatic rings. The van der Waals surface area contributed by atoms with Gasteiger partial charge in [-0.15, -0.1) is 0 Å². The third-order valence-corrected chi connectivity index (χ3v) is 3.15. The predicted molar refractivity (Wildman–Crippen MR) is 83.3 cm³/mol. The second kappa shape index (κ2) is 7.29. The van der Waals surface area contributed by atoms with Crippen molar-refractivity contribution in [3.05, 3.63) is 71.3 Å². The van der Waals surface area contributed by atoms with E-state index in [0.29, 0.717) is 6.61 Å². The number of hydrogen-bond acceptors (Lipinski definition) is 2. The Morgan fingerprint density at radius 3 is 2.52 bits per heavy atom. The van der Waals surface area contributed by atoms with Gasteiger partial charge in [0.15, 0.2) is 0 Å². The third kappa shape index (κ3) is 4.49. The molecule has 1 N–H and O–H groups in total. The molecule has 21 heavy (non-hydrogen) atoms. The van der Waals surface area contributed by atoms with E-state index in [2.05, 4.69) is 13.0 Å². The lowest BCUT2D eigenvalue weighted by atomic mass is 10.1. The third-order valence-electron chi connectivity index (χ3n) is 3.15. The molecule has 0 spiro atoms. The van der Waals surface area contributed by atoms with Crippen LogP contribution in [-0.4, -0.2) is 11.1 Å². The number of hydrogen-bond donors (Lipinski definition) is 1. The normalized spacial score (nSPS) is 10.7. The van der Waals surface area contributed by atoms with Crippen LogP contribution in [0.3, 0.4) is 0 Å². The molecule has 0 atom stereocenters. The maximum Gasteiger partial charge on any atom is 0.328 e. The summed E-state index contributed by atoms with van der Waals surface area (Å²) in [5.74, 6) is -0.0339. The van der Waals surface area contributed by atoms with E-state index >= 15 is 0 Å². The van der Waals surface area contributed by atoms with Crippen LogP contribution in [0.1, 0.15) is 23.6 Å². The van der Waals surface area contributed by atoms with Gasteiger partial charge in [-0.25, -0.2) is 4.79 Å². The summed E-state index contributed by atoms with van der Waals surface area (Å²) in [6, 6.07) is 15.7. The molecule has 108 valence electrons. The zero-order chi connectivity index (χ0) is 15.1. The molecule has 0 unspecified atom stereocenters. The fourth-order valence-corrected chi connectivity index (χ4v) is 1.99. The zero-order valence-electron chi connectivity index (χ0n) is 12.0. The minimum Gasteiger partial charge on any atom is -0.489 e. The minimum absolute atomic E-state index is 0.500. The first-order chi connectivity index (χ1) is 10.2. The first kappa shape index (κ1) is 14.9. The van der Waals surface area contributed by atoms with Crippen molar-refractivity contribution in [1.29, 1.82) is 0 Å². The van der Waals surface area contributed by atoms with Gasteiger partial charge >= 0.3 is 5.97 Å². The molecule has 0 saturated carbocycles. The molecular formula is C18H18O3. The van der Waals surface area contributed by atoms with Crippen molar-refractivity contribution in [2.24, 2.45) is 0 Å². The van der Waals surface area contributed by atoms with Crippen LogP contribution >= 0.6 is 0 Å². The molecule has 0 heterocycles. The quantitative estimate of drug-likeness (QED) is 0.817. The number of rotatable bonds is 6. The molecule has 0 radical (unpaired) electrons. The van der Waals surface area contributed by atoms with E-state index in [1.807, 2.05) is 42.5 Å². The van der Waals surface area contributed by atoms with E-state index in [9.17, 15) is 4.79 Å². The number of aliphatic carboxylic acids is 1. The second-order valence-corrected chi connectivity index (χ2v) is 4.66. The molecule has 0 aromatic heterocycles. The summed E-state index contributed by atoms with van der Waals surface area (Å²) < 4.78 is 5.84. The fraction of sp³-hybridized carbons (Fsp3) is 0.167. The lowest BCUT2D eigenvalue weighted by Gasteiger charge is -2.10. The van der Waals surface area contributed by atoms with E-state index in [1.165, 1.54) is 5.56 Å². The summed E-state index contributed by atoms with van der Waals surface area (Å²) in [6.07, 6.45) is 3.64. The zero-order valence-corrected chi connectivity index (χ0v) is 12.0. The molecule has 2 aromatic carbocycles. The summed E-state index contributed by atoms with van der Waals surface area (Å²) in [7, 11) is 0. The maximum atomic E-state index is 10.5. The smallest absolute Gasteiger partial charge is 0.328 e. The Hall–Kier alpha value is -2.55. The molecule has 0 fully saturated rings. The van der Waals surface area contributed by atoms with Crippen LogP contribution in [0, 0.1) is 0 Å². The minimum atomic E-state index is -0.946. The van der Waals surface area contributed by atoms with E-state index in [1.54, 1.807) is 6.08 Å². The van der Waals surface area contributed by atoms with Gasteiger partial charge in [-0.2, -0.15) is 0 Å². The van der Waals surface area contributed by atoms with Gasteiger partial charge in [0.1, 0.15) is 12.4 Å². The van der Waals surface area contributed by atoms with Crippen LogP contribution in [-0.2, 0) is 17.8 Å². The van der Waals surface area contributed by atoms with Crippen molar-refractivity contribution in [3.63, 3.8) is 0 Å². The molecule has 0 saturated heterocycles. The highest BCUT2D eigenvalue weighted by molar-refractivity contribution is 5.85. The van der Waals surface area contributed by atoms with Gasteiger partial charge in [0, 0.05) is 6.08 Å². The molecule has 0 aliphatic heterocycles. The molecule has 3 heteroatoms. The largest absolute Gasteiger partial charge is 0.489 e. The van der Waals surface area contributed by atoms with E-state index in [4.69, 9.17) is 9.84 Å². The van der Waals surface area contributed by atoms with Crippen molar-refractivity contribution in [3.8, 4) is 5.75 Å². The van der Waals surface area contributed by atoms with Gasteiger partial charge in [-0.05, 0) is 35.3 Å². The van der Waals surface area contributed by atoms with E-state index in [0.717, 1.165) is 29.4 Å². The SMILES string of the molecule is CCc1ccccc1OCc1ccc(C=CC(=O)O)cc1. The molecule has 0 bridgehead atoms. The number of aryl methyl sites for hydroxylation is 1. The number of carboxylic acid groups (broad SMARTS) is 1. The first-order valence-corrected chi connectivity index (χ1v) is 6.89. The average molecular weight is 282 g/mol. The van der Waals surface area contributed by atoms with Crippen LogP contribution in [0.4, 0.5) is 0 Å². The van der Waals surface area contributed by atoms with Crippen LogP contribution < -0.4 is 4.74 Å². The van der Waals surface area contributed by atoms with E-state index < -0.39 is 5.97 Å².